The third-order valence-corrected chi connectivity index (χ3v) is 3.16. The molecule has 1 saturated carbocycles. The fraction of sp³-hybridized carbons (Fsp3) is 0.500. The first-order chi connectivity index (χ1) is 6.75. The van der Waals surface area contributed by atoms with E-state index in [1.807, 2.05) is 12.1 Å². The van der Waals surface area contributed by atoms with Gasteiger partial charge < -0.3 is 5.73 Å². The molecule has 2 heteroatoms. The fourth-order valence-corrected chi connectivity index (χ4v) is 1.87. The third kappa shape index (κ3) is 2.73. The molecular formula is C12H16ClN. The number of benzene rings is 1. The highest BCUT2D eigenvalue weighted by Gasteiger charge is 2.27. The minimum Gasteiger partial charge on any atom is -0.327 e. The monoisotopic (exact) mass is 209 g/mol. The molecular weight excluding hydrogens is 194 g/mol. The molecule has 1 atom stereocenters. The van der Waals surface area contributed by atoms with Gasteiger partial charge in [0.25, 0.3) is 0 Å². The SMILES string of the molecule is NC(CCc1ccc(Cl)cc1)C1CC1. The van der Waals surface area contributed by atoms with Crippen LogP contribution in [0.2, 0.25) is 5.02 Å². The Labute approximate surface area is 90.3 Å². The molecule has 14 heavy (non-hydrogen) atoms. The summed E-state index contributed by atoms with van der Waals surface area (Å²) in [6.07, 6.45) is 4.85. The normalized spacial score (nSPS) is 18.1. The van der Waals surface area contributed by atoms with E-state index >= 15 is 0 Å². The van der Waals surface area contributed by atoms with E-state index < -0.39 is 0 Å². The molecule has 2 N–H and O–H groups in total. The molecule has 1 fully saturated rings. The van der Waals surface area contributed by atoms with Crippen molar-refractivity contribution in [2.24, 2.45) is 11.7 Å². The van der Waals surface area contributed by atoms with Gasteiger partial charge in [-0.3, -0.25) is 0 Å². The lowest BCUT2D eigenvalue weighted by molar-refractivity contribution is 0.550. The maximum atomic E-state index is 6.03. The molecule has 1 unspecified atom stereocenters. The Bertz CT molecular complexity index is 290. The van der Waals surface area contributed by atoms with Gasteiger partial charge in [-0.2, -0.15) is 0 Å². The molecule has 0 amide bonds. The lowest BCUT2D eigenvalue weighted by Gasteiger charge is -2.09. The third-order valence-electron chi connectivity index (χ3n) is 2.91. The summed E-state index contributed by atoms with van der Waals surface area (Å²) in [6.45, 7) is 0. The first-order valence-corrected chi connectivity index (χ1v) is 5.63. The molecule has 0 saturated heterocycles. The van der Waals surface area contributed by atoms with Crippen LogP contribution in [-0.2, 0) is 6.42 Å². The van der Waals surface area contributed by atoms with Gasteiger partial charge in [0.15, 0.2) is 0 Å². The summed E-state index contributed by atoms with van der Waals surface area (Å²) >= 11 is 5.81. The van der Waals surface area contributed by atoms with Crippen molar-refractivity contribution in [2.75, 3.05) is 0 Å². The summed E-state index contributed by atoms with van der Waals surface area (Å²) in [7, 11) is 0. The van der Waals surface area contributed by atoms with Crippen molar-refractivity contribution in [2.45, 2.75) is 31.7 Å². The molecule has 0 bridgehead atoms. The van der Waals surface area contributed by atoms with Crippen LogP contribution >= 0.6 is 11.6 Å². The van der Waals surface area contributed by atoms with Crippen molar-refractivity contribution in [3.8, 4) is 0 Å². The summed E-state index contributed by atoms with van der Waals surface area (Å²) in [5.41, 5.74) is 7.37. The molecule has 76 valence electrons. The maximum Gasteiger partial charge on any atom is 0.0406 e. The van der Waals surface area contributed by atoms with Crippen LogP contribution in [0.3, 0.4) is 0 Å². The number of hydrogen-bond donors (Lipinski definition) is 1. The Kier molecular flexibility index (Phi) is 3.09. The van der Waals surface area contributed by atoms with Crippen molar-refractivity contribution in [3.63, 3.8) is 0 Å². The van der Waals surface area contributed by atoms with Crippen LogP contribution in [0.4, 0.5) is 0 Å². The highest BCUT2D eigenvalue weighted by atomic mass is 35.5. The number of halogens is 1. The molecule has 1 aliphatic carbocycles. The molecule has 0 heterocycles. The summed E-state index contributed by atoms with van der Waals surface area (Å²) in [6, 6.07) is 8.47. The summed E-state index contributed by atoms with van der Waals surface area (Å²) in [5.74, 6) is 0.808. The molecule has 1 nitrogen and oxygen atoms in total. The van der Waals surface area contributed by atoms with Crippen molar-refractivity contribution in [1.29, 1.82) is 0 Å². The lowest BCUT2D eigenvalue weighted by atomic mass is 10.0. The zero-order chi connectivity index (χ0) is 9.97. The predicted octanol–water partition coefficient (Wildman–Crippen LogP) is 3.01. The van der Waals surface area contributed by atoms with Crippen molar-refractivity contribution < 1.29 is 0 Å². The fourth-order valence-electron chi connectivity index (χ4n) is 1.74. The van der Waals surface area contributed by atoms with Crippen molar-refractivity contribution in [1.82, 2.24) is 0 Å². The van der Waals surface area contributed by atoms with E-state index in [1.54, 1.807) is 0 Å². The second-order valence-corrected chi connectivity index (χ2v) is 4.60. The number of rotatable bonds is 4. The number of nitrogens with two attached hydrogens (primary N) is 1. The van der Waals surface area contributed by atoms with Gasteiger partial charge in [0, 0.05) is 11.1 Å². The van der Waals surface area contributed by atoms with Crippen LogP contribution in [0.1, 0.15) is 24.8 Å². The molecule has 1 aliphatic rings. The number of hydrogen-bond acceptors (Lipinski definition) is 1. The molecule has 0 aliphatic heterocycles. The van der Waals surface area contributed by atoms with Crippen LogP contribution < -0.4 is 5.73 Å². The van der Waals surface area contributed by atoms with Gasteiger partial charge in [-0.1, -0.05) is 23.7 Å². The van der Waals surface area contributed by atoms with E-state index in [1.165, 1.54) is 18.4 Å². The van der Waals surface area contributed by atoms with Crippen molar-refractivity contribution in [3.05, 3.63) is 34.9 Å². The summed E-state index contributed by atoms with van der Waals surface area (Å²) in [4.78, 5) is 0. The van der Waals surface area contributed by atoms with E-state index in [-0.39, 0.29) is 0 Å². The molecule has 0 radical (unpaired) electrons. The van der Waals surface area contributed by atoms with E-state index in [0.29, 0.717) is 6.04 Å². The van der Waals surface area contributed by atoms with E-state index in [0.717, 1.165) is 23.8 Å². The predicted molar refractivity (Wildman–Crippen MR) is 60.5 cm³/mol. The zero-order valence-electron chi connectivity index (χ0n) is 8.25. The van der Waals surface area contributed by atoms with E-state index in [2.05, 4.69) is 12.1 Å². The van der Waals surface area contributed by atoms with Gasteiger partial charge in [-0.15, -0.1) is 0 Å². The molecule has 1 aromatic rings. The second-order valence-electron chi connectivity index (χ2n) is 4.17. The Morgan fingerprint density at radius 1 is 1.29 bits per heavy atom. The van der Waals surface area contributed by atoms with Crippen LogP contribution in [0.15, 0.2) is 24.3 Å². The van der Waals surface area contributed by atoms with Gasteiger partial charge >= 0.3 is 0 Å². The van der Waals surface area contributed by atoms with E-state index in [9.17, 15) is 0 Å². The smallest absolute Gasteiger partial charge is 0.0406 e. The van der Waals surface area contributed by atoms with Gasteiger partial charge in [-0.25, -0.2) is 0 Å². The largest absolute Gasteiger partial charge is 0.327 e. The summed E-state index contributed by atoms with van der Waals surface area (Å²) in [5, 5.41) is 0.806. The highest BCUT2D eigenvalue weighted by molar-refractivity contribution is 6.30. The summed E-state index contributed by atoms with van der Waals surface area (Å²) < 4.78 is 0. The Morgan fingerprint density at radius 2 is 1.93 bits per heavy atom. The van der Waals surface area contributed by atoms with Crippen LogP contribution in [-0.4, -0.2) is 6.04 Å². The van der Waals surface area contributed by atoms with Crippen LogP contribution in [0.5, 0.6) is 0 Å². The van der Waals surface area contributed by atoms with Gasteiger partial charge in [0.1, 0.15) is 0 Å². The Hall–Kier alpha value is -0.530. The average molecular weight is 210 g/mol. The van der Waals surface area contributed by atoms with Gasteiger partial charge in [0.05, 0.1) is 0 Å². The quantitative estimate of drug-likeness (QED) is 0.811. The molecule has 0 aromatic heterocycles. The minimum absolute atomic E-state index is 0.408. The maximum absolute atomic E-state index is 6.03. The molecule has 0 spiro atoms. The standard InChI is InChI=1S/C12H16ClN/c13-11-6-1-9(2-7-11)3-8-12(14)10-4-5-10/h1-2,6-7,10,12H,3-5,8,14H2. The van der Waals surface area contributed by atoms with Crippen LogP contribution in [0.25, 0.3) is 0 Å². The van der Waals surface area contributed by atoms with Gasteiger partial charge in [0.2, 0.25) is 0 Å². The van der Waals surface area contributed by atoms with Crippen LogP contribution in [0, 0.1) is 5.92 Å². The molecule has 2 rings (SSSR count). The van der Waals surface area contributed by atoms with E-state index in [4.69, 9.17) is 17.3 Å². The average Bonchev–Trinajstić information content (AvgIpc) is 3.00. The molecule has 1 aromatic carbocycles. The second kappa shape index (κ2) is 4.33. The Balaban J connectivity index is 1.82. The lowest BCUT2D eigenvalue weighted by Crippen LogP contribution is -2.22. The zero-order valence-corrected chi connectivity index (χ0v) is 9.00. The first-order valence-electron chi connectivity index (χ1n) is 5.26. The first kappa shape index (κ1) is 10.0. The topological polar surface area (TPSA) is 26.0 Å². The number of aryl methyl sites for hydroxylation is 1. The Morgan fingerprint density at radius 3 is 2.50 bits per heavy atom. The van der Waals surface area contributed by atoms with Gasteiger partial charge in [-0.05, 0) is 49.3 Å². The van der Waals surface area contributed by atoms with Crippen molar-refractivity contribution >= 4 is 11.6 Å². The highest BCUT2D eigenvalue weighted by Crippen LogP contribution is 2.33. The minimum atomic E-state index is 0.408.